The summed E-state index contributed by atoms with van der Waals surface area (Å²) in [6.07, 6.45) is 4.52. The van der Waals surface area contributed by atoms with E-state index < -0.39 is 17.6 Å². The molecule has 2 aliphatic rings. The Bertz CT molecular complexity index is 594. The van der Waals surface area contributed by atoms with Crippen molar-refractivity contribution in [2.75, 3.05) is 0 Å². The molecule has 1 nitrogen and oxygen atoms in total. The van der Waals surface area contributed by atoms with Crippen molar-refractivity contribution in [1.82, 2.24) is 0 Å². The molecule has 0 atom stereocenters. The summed E-state index contributed by atoms with van der Waals surface area (Å²) in [4.78, 5) is 10.9. The van der Waals surface area contributed by atoms with Crippen LogP contribution in [0.25, 0.3) is 0 Å². The molecule has 1 aromatic rings. The summed E-state index contributed by atoms with van der Waals surface area (Å²) < 4.78 is 51.8. The highest BCUT2D eigenvalue weighted by atomic mass is 19.4. The van der Waals surface area contributed by atoms with E-state index in [4.69, 9.17) is 0 Å². The van der Waals surface area contributed by atoms with Crippen LogP contribution in [0.3, 0.4) is 0 Å². The summed E-state index contributed by atoms with van der Waals surface area (Å²) in [6, 6.07) is 3.38. The first-order valence-electron chi connectivity index (χ1n) is 9.20. The molecule has 0 radical (unpaired) electrons. The van der Waals surface area contributed by atoms with Crippen LogP contribution in [0, 0.1) is 23.6 Å². The van der Waals surface area contributed by atoms with Gasteiger partial charge in [0.2, 0.25) is 0 Å². The minimum absolute atomic E-state index is 0.152. The Balaban J connectivity index is 1.57. The standard InChI is InChI=1S/C20H24F4O/c21-19-11-17(9-10-18(19)20(22,23)24)16-7-5-15(6-8-16)14-3-1-13(12-25)2-4-14/h9-16H,1-8H2/t13?,14?,15-,16-. The molecule has 0 bridgehead atoms. The molecule has 1 aromatic carbocycles. The van der Waals surface area contributed by atoms with E-state index in [0.717, 1.165) is 69.8 Å². The third-order valence-electron chi connectivity index (χ3n) is 6.22. The molecular weight excluding hydrogens is 332 g/mol. The average Bonchev–Trinajstić information content (AvgIpc) is 2.61. The van der Waals surface area contributed by atoms with E-state index >= 15 is 0 Å². The normalized spacial score (nSPS) is 30.9. The lowest BCUT2D eigenvalue weighted by Crippen LogP contribution is -2.25. The van der Waals surface area contributed by atoms with Gasteiger partial charge in [0, 0.05) is 5.92 Å². The second kappa shape index (κ2) is 7.46. The monoisotopic (exact) mass is 356 g/mol. The Morgan fingerprint density at radius 1 is 0.880 bits per heavy atom. The maximum atomic E-state index is 13.8. The molecule has 0 saturated heterocycles. The quantitative estimate of drug-likeness (QED) is 0.471. The van der Waals surface area contributed by atoms with E-state index in [0.29, 0.717) is 17.4 Å². The van der Waals surface area contributed by atoms with Crippen LogP contribution >= 0.6 is 0 Å². The van der Waals surface area contributed by atoms with Gasteiger partial charge in [0.05, 0.1) is 5.56 Å². The molecule has 2 saturated carbocycles. The van der Waals surface area contributed by atoms with Crippen molar-refractivity contribution in [2.45, 2.75) is 63.5 Å². The number of aldehydes is 1. The molecule has 0 amide bonds. The van der Waals surface area contributed by atoms with Crippen molar-refractivity contribution < 1.29 is 22.4 Å². The van der Waals surface area contributed by atoms with Crippen LogP contribution in [0.4, 0.5) is 17.6 Å². The topological polar surface area (TPSA) is 17.1 Å². The van der Waals surface area contributed by atoms with Crippen molar-refractivity contribution in [3.63, 3.8) is 0 Å². The molecule has 0 aromatic heterocycles. The Labute approximate surface area is 145 Å². The number of alkyl halides is 3. The Morgan fingerprint density at radius 2 is 1.44 bits per heavy atom. The molecule has 0 N–H and O–H groups in total. The summed E-state index contributed by atoms with van der Waals surface area (Å²) in [6.45, 7) is 0. The third-order valence-corrected chi connectivity index (χ3v) is 6.22. The zero-order valence-corrected chi connectivity index (χ0v) is 14.2. The number of benzene rings is 1. The zero-order chi connectivity index (χ0) is 18.0. The summed E-state index contributed by atoms with van der Waals surface area (Å²) in [7, 11) is 0. The molecule has 2 aliphatic carbocycles. The molecule has 0 aliphatic heterocycles. The van der Waals surface area contributed by atoms with Gasteiger partial charge in [-0.25, -0.2) is 4.39 Å². The van der Waals surface area contributed by atoms with Gasteiger partial charge in [-0.3, -0.25) is 0 Å². The van der Waals surface area contributed by atoms with Gasteiger partial charge in [-0.1, -0.05) is 6.07 Å². The van der Waals surface area contributed by atoms with Gasteiger partial charge in [0.25, 0.3) is 0 Å². The molecule has 0 unspecified atom stereocenters. The fourth-order valence-electron chi connectivity index (χ4n) is 4.69. The second-order valence-electron chi connectivity index (χ2n) is 7.66. The molecule has 138 valence electrons. The molecule has 2 fully saturated rings. The third kappa shape index (κ3) is 4.24. The first kappa shape index (κ1) is 18.4. The highest BCUT2D eigenvalue weighted by Crippen LogP contribution is 2.44. The van der Waals surface area contributed by atoms with Crippen molar-refractivity contribution in [3.8, 4) is 0 Å². The zero-order valence-electron chi connectivity index (χ0n) is 14.2. The van der Waals surface area contributed by atoms with Gasteiger partial charge in [-0.05, 0) is 86.8 Å². The van der Waals surface area contributed by atoms with E-state index in [2.05, 4.69) is 0 Å². The predicted molar refractivity (Wildman–Crippen MR) is 87.6 cm³/mol. The summed E-state index contributed by atoms with van der Waals surface area (Å²) in [5, 5.41) is 0. The van der Waals surface area contributed by atoms with E-state index in [9.17, 15) is 22.4 Å². The minimum Gasteiger partial charge on any atom is -0.303 e. The lowest BCUT2D eigenvalue weighted by Gasteiger charge is -2.37. The first-order chi connectivity index (χ1) is 11.9. The number of carbonyl (C=O) groups is 1. The fraction of sp³-hybridized carbons (Fsp3) is 0.650. The molecular formula is C20H24F4O. The van der Waals surface area contributed by atoms with Crippen LogP contribution in [0.5, 0.6) is 0 Å². The van der Waals surface area contributed by atoms with Gasteiger partial charge in [-0.15, -0.1) is 0 Å². The van der Waals surface area contributed by atoms with Crippen LogP contribution in [-0.4, -0.2) is 6.29 Å². The minimum atomic E-state index is -4.64. The molecule has 25 heavy (non-hydrogen) atoms. The van der Waals surface area contributed by atoms with Crippen LogP contribution in [-0.2, 0) is 11.0 Å². The van der Waals surface area contributed by atoms with Crippen LogP contribution in [0.2, 0.25) is 0 Å². The van der Waals surface area contributed by atoms with Crippen LogP contribution < -0.4 is 0 Å². The Morgan fingerprint density at radius 3 is 1.92 bits per heavy atom. The van der Waals surface area contributed by atoms with Crippen molar-refractivity contribution >= 4 is 6.29 Å². The molecule has 0 heterocycles. The summed E-state index contributed by atoms with van der Waals surface area (Å²) in [5.41, 5.74) is -0.495. The van der Waals surface area contributed by atoms with E-state index in [1.165, 1.54) is 6.07 Å². The maximum absolute atomic E-state index is 13.8. The van der Waals surface area contributed by atoms with Crippen LogP contribution in [0.15, 0.2) is 18.2 Å². The Hall–Kier alpha value is -1.39. The van der Waals surface area contributed by atoms with Gasteiger partial charge in [0.1, 0.15) is 12.1 Å². The predicted octanol–water partition coefficient (Wildman–Crippen LogP) is 6.12. The van der Waals surface area contributed by atoms with Gasteiger partial charge < -0.3 is 4.79 Å². The second-order valence-corrected chi connectivity index (χ2v) is 7.66. The number of hydrogen-bond donors (Lipinski definition) is 0. The molecule has 3 rings (SSSR count). The first-order valence-corrected chi connectivity index (χ1v) is 9.20. The van der Waals surface area contributed by atoms with E-state index in [1.54, 1.807) is 0 Å². The fourth-order valence-corrected chi connectivity index (χ4v) is 4.69. The SMILES string of the molecule is O=CC1CCC([C@H]2CC[C@H](c3ccc(C(F)(F)F)c(F)c3)CC2)CC1. The molecule has 0 spiro atoms. The highest BCUT2D eigenvalue weighted by molar-refractivity contribution is 5.53. The number of hydrogen-bond acceptors (Lipinski definition) is 1. The summed E-state index contributed by atoms with van der Waals surface area (Å²) >= 11 is 0. The lowest BCUT2D eigenvalue weighted by molar-refractivity contribution is -0.140. The average molecular weight is 356 g/mol. The van der Waals surface area contributed by atoms with Gasteiger partial charge in [-0.2, -0.15) is 13.2 Å². The number of carbonyl (C=O) groups excluding carboxylic acids is 1. The van der Waals surface area contributed by atoms with E-state index in [-0.39, 0.29) is 11.8 Å². The van der Waals surface area contributed by atoms with Crippen molar-refractivity contribution in [1.29, 1.82) is 0 Å². The van der Waals surface area contributed by atoms with Crippen molar-refractivity contribution in [3.05, 3.63) is 35.1 Å². The lowest BCUT2D eigenvalue weighted by atomic mass is 9.68. The van der Waals surface area contributed by atoms with Crippen LogP contribution in [0.1, 0.15) is 68.4 Å². The smallest absolute Gasteiger partial charge is 0.303 e. The number of rotatable bonds is 3. The van der Waals surface area contributed by atoms with Gasteiger partial charge >= 0.3 is 6.18 Å². The van der Waals surface area contributed by atoms with Crippen molar-refractivity contribution in [2.24, 2.45) is 17.8 Å². The highest BCUT2D eigenvalue weighted by Gasteiger charge is 2.35. The maximum Gasteiger partial charge on any atom is 0.419 e. The Kier molecular flexibility index (Phi) is 5.49. The van der Waals surface area contributed by atoms with E-state index in [1.807, 2.05) is 0 Å². The number of halogens is 4. The van der Waals surface area contributed by atoms with Gasteiger partial charge in [0.15, 0.2) is 0 Å². The largest absolute Gasteiger partial charge is 0.419 e. The molecule has 5 heteroatoms. The summed E-state index contributed by atoms with van der Waals surface area (Å²) in [5.74, 6) is 0.519.